The van der Waals surface area contributed by atoms with Gasteiger partial charge in [-0.1, -0.05) is 36.0 Å². The molecule has 0 aliphatic rings. The van der Waals surface area contributed by atoms with Crippen LogP contribution in [0.3, 0.4) is 0 Å². The Morgan fingerprint density at radius 2 is 2.04 bits per heavy atom. The second kappa shape index (κ2) is 7.57. The van der Waals surface area contributed by atoms with Crippen molar-refractivity contribution in [1.82, 2.24) is 25.1 Å². The summed E-state index contributed by atoms with van der Waals surface area (Å²) in [5.41, 5.74) is 1.70. The lowest BCUT2D eigenvalue weighted by molar-refractivity contribution is 0.361. The lowest BCUT2D eigenvalue weighted by Gasteiger charge is -2.19. The monoisotopic (exact) mass is 330 g/mol. The Morgan fingerprint density at radius 1 is 1.30 bits per heavy atom. The van der Waals surface area contributed by atoms with Gasteiger partial charge in [0.15, 0.2) is 0 Å². The van der Waals surface area contributed by atoms with Crippen molar-refractivity contribution in [3.8, 4) is 6.07 Å². The van der Waals surface area contributed by atoms with E-state index in [1.54, 1.807) is 11.8 Å². The van der Waals surface area contributed by atoms with Crippen LogP contribution < -0.4 is 0 Å². The highest BCUT2D eigenvalue weighted by Crippen LogP contribution is 2.29. The third kappa shape index (κ3) is 4.53. The molecule has 0 bridgehead atoms. The molecule has 0 saturated carbocycles. The van der Waals surface area contributed by atoms with Crippen molar-refractivity contribution < 1.29 is 0 Å². The highest BCUT2D eigenvalue weighted by molar-refractivity contribution is 7.98. The number of aromatic nitrogens is 4. The number of tetrazole rings is 1. The number of rotatable bonds is 7. The molecule has 0 radical (unpaired) electrons. The zero-order chi connectivity index (χ0) is 16.9. The van der Waals surface area contributed by atoms with E-state index in [2.05, 4.69) is 32.6 Å². The fraction of sp³-hybridized carbons (Fsp3) is 0.500. The molecule has 1 aromatic heterocycles. The molecule has 6 nitrogen and oxygen atoms in total. The summed E-state index contributed by atoms with van der Waals surface area (Å²) in [7, 11) is 4.05. The average molecular weight is 330 g/mol. The molecule has 122 valence electrons. The maximum absolute atomic E-state index is 9.39. The maximum atomic E-state index is 9.39. The van der Waals surface area contributed by atoms with E-state index < -0.39 is 5.41 Å². The summed E-state index contributed by atoms with van der Waals surface area (Å²) in [5.74, 6) is 0.740. The summed E-state index contributed by atoms with van der Waals surface area (Å²) in [6, 6.07) is 10.4. The number of thioether (sulfide) groups is 1. The third-order valence-corrected chi connectivity index (χ3v) is 4.59. The lowest BCUT2D eigenvalue weighted by atomic mass is 9.84. The van der Waals surface area contributed by atoms with Crippen molar-refractivity contribution >= 4 is 11.8 Å². The second-order valence-corrected chi connectivity index (χ2v) is 7.11. The summed E-state index contributed by atoms with van der Waals surface area (Å²) >= 11 is 1.60. The molecule has 1 aromatic carbocycles. The molecule has 0 spiro atoms. The number of hydrogen-bond acceptors (Lipinski definition) is 6. The lowest BCUT2D eigenvalue weighted by Crippen LogP contribution is -2.19. The molecular weight excluding hydrogens is 308 g/mol. The summed E-state index contributed by atoms with van der Waals surface area (Å²) in [4.78, 5) is 2.10. The van der Waals surface area contributed by atoms with Crippen LogP contribution in [-0.4, -0.2) is 45.7 Å². The van der Waals surface area contributed by atoms with Crippen LogP contribution in [0, 0.1) is 11.3 Å². The molecule has 0 amide bonds. The van der Waals surface area contributed by atoms with E-state index in [9.17, 15) is 5.26 Å². The molecular formula is C16H22N6S. The molecule has 0 aliphatic carbocycles. The van der Waals surface area contributed by atoms with Crippen LogP contribution in [0.25, 0.3) is 0 Å². The van der Waals surface area contributed by atoms with E-state index in [1.165, 1.54) is 0 Å². The van der Waals surface area contributed by atoms with Gasteiger partial charge in [-0.3, -0.25) is 0 Å². The van der Waals surface area contributed by atoms with Gasteiger partial charge in [0.2, 0.25) is 5.16 Å². The van der Waals surface area contributed by atoms with Crippen molar-refractivity contribution in [2.45, 2.75) is 36.7 Å². The number of nitrogens with zero attached hydrogens (tertiary/aromatic N) is 6. The highest BCUT2D eigenvalue weighted by atomic mass is 32.2. The standard InChI is InChI=1S/C16H22N6S/c1-16(2,12-17)14-8-6-5-7-13(14)11-23-15-18-19-20-22(15)10-9-21(3)4/h5-8H,9-11H2,1-4H3. The zero-order valence-electron chi connectivity index (χ0n) is 14.0. The number of benzene rings is 1. The first-order chi connectivity index (χ1) is 10.9. The molecule has 23 heavy (non-hydrogen) atoms. The number of likely N-dealkylation sites (N-methyl/N-ethyl adjacent to an activating group) is 1. The minimum Gasteiger partial charge on any atom is -0.308 e. The largest absolute Gasteiger partial charge is 0.308 e. The van der Waals surface area contributed by atoms with E-state index in [4.69, 9.17) is 0 Å². The molecule has 0 atom stereocenters. The fourth-order valence-corrected chi connectivity index (χ4v) is 3.10. The van der Waals surface area contributed by atoms with Crippen LogP contribution in [0.2, 0.25) is 0 Å². The highest BCUT2D eigenvalue weighted by Gasteiger charge is 2.23. The predicted molar refractivity (Wildman–Crippen MR) is 91.0 cm³/mol. The summed E-state index contributed by atoms with van der Waals surface area (Å²) in [5, 5.41) is 22.1. The molecule has 0 aliphatic heterocycles. The van der Waals surface area contributed by atoms with Gasteiger partial charge in [0.25, 0.3) is 0 Å². The van der Waals surface area contributed by atoms with Gasteiger partial charge in [-0.05, 0) is 49.5 Å². The Kier molecular flexibility index (Phi) is 5.74. The minimum atomic E-state index is -0.506. The molecule has 1 heterocycles. The summed E-state index contributed by atoms with van der Waals surface area (Å²) in [6.45, 7) is 5.53. The van der Waals surface area contributed by atoms with Crippen molar-refractivity contribution in [1.29, 1.82) is 5.26 Å². The Labute approximate surface area is 141 Å². The molecule has 0 unspecified atom stereocenters. The van der Waals surface area contributed by atoms with Gasteiger partial charge in [0.05, 0.1) is 18.0 Å². The first kappa shape index (κ1) is 17.4. The molecule has 0 saturated heterocycles. The second-order valence-electron chi connectivity index (χ2n) is 6.17. The molecule has 7 heteroatoms. The van der Waals surface area contributed by atoms with E-state index in [0.717, 1.165) is 35.1 Å². The Morgan fingerprint density at radius 3 is 2.74 bits per heavy atom. The average Bonchev–Trinajstić information content (AvgIpc) is 2.98. The minimum absolute atomic E-state index is 0.506. The number of nitriles is 1. The van der Waals surface area contributed by atoms with Crippen LogP contribution >= 0.6 is 11.8 Å². The van der Waals surface area contributed by atoms with Crippen LogP contribution in [0.5, 0.6) is 0 Å². The van der Waals surface area contributed by atoms with Crippen LogP contribution in [0.1, 0.15) is 25.0 Å². The molecule has 0 fully saturated rings. The van der Waals surface area contributed by atoms with Gasteiger partial charge < -0.3 is 4.90 Å². The van der Waals surface area contributed by atoms with Gasteiger partial charge in [-0.15, -0.1) is 5.10 Å². The normalized spacial score (nSPS) is 11.7. The first-order valence-electron chi connectivity index (χ1n) is 7.47. The van der Waals surface area contributed by atoms with Crippen molar-refractivity contribution in [3.05, 3.63) is 35.4 Å². The Bertz CT molecular complexity index is 686. The Hall–Kier alpha value is -1.91. The van der Waals surface area contributed by atoms with Crippen molar-refractivity contribution in [2.24, 2.45) is 0 Å². The summed E-state index contributed by atoms with van der Waals surface area (Å²) in [6.07, 6.45) is 0. The summed E-state index contributed by atoms with van der Waals surface area (Å²) < 4.78 is 1.82. The van der Waals surface area contributed by atoms with Crippen molar-refractivity contribution in [3.63, 3.8) is 0 Å². The number of hydrogen-bond donors (Lipinski definition) is 0. The molecule has 2 rings (SSSR count). The maximum Gasteiger partial charge on any atom is 0.209 e. The van der Waals surface area contributed by atoms with Crippen LogP contribution in [0.4, 0.5) is 0 Å². The molecule has 0 N–H and O–H groups in total. The third-order valence-electron chi connectivity index (χ3n) is 3.59. The molecule has 2 aromatic rings. The van der Waals surface area contributed by atoms with Gasteiger partial charge in [0.1, 0.15) is 0 Å². The first-order valence-corrected chi connectivity index (χ1v) is 8.46. The Balaban J connectivity index is 2.11. The van der Waals surface area contributed by atoms with E-state index in [0.29, 0.717) is 0 Å². The van der Waals surface area contributed by atoms with E-state index >= 15 is 0 Å². The quantitative estimate of drug-likeness (QED) is 0.726. The van der Waals surface area contributed by atoms with Gasteiger partial charge in [-0.2, -0.15) is 5.26 Å². The van der Waals surface area contributed by atoms with Gasteiger partial charge >= 0.3 is 0 Å². The van der Waals surface area contributed by atoms with Gasteiger partial charge in [0, 0.05) is 12.3 Å². The van der Waals surface area contributed by atoms with Crippen molar-refractivity contribution in [2.75, 3.05) is 20.6 Å². The fourth-order valence-electron chi connectivity index (χ4n) is 2.19. The zero-order valence-corrected chi connectivity index (χ0v) is 14.8. The van der Waals surface area contributed by atoms with E-state index in [1.807, 2.05) is 50.8 Å². The van der Waals surface area contributed by atoms with Crippen LogP contribution in [-0.2, 0) is 17.7 Å². The topological polar surface area (TPSA) is 70.6 Å². The van der Waals surface area contributed by atoms with E-state index in [-0.39, 0.29) is 0 Å². The smallest absolute Gasteiger partial charge is 0.209 e. The predicted octanol–water partition coefficient (Wildman–Crippen LogP) is 2.33. The SMILES string of the molecule is CN(C)CCn1nnnc1SCc1ccccc1C(C)(C)C#N. The van der Waals surface area contributed by atoms with Gasteiger partial charge in [-0.25, -0.2) is 4.68 Å². The van der Waals surface area contributed by atoms with Crippen LogP contribution in [0.15, 0.2) is 29.4 Å².